The summed E-state index contributed by atoms with van der Waals surface area (Å²) in [4.78, 5) is 0. The fraction of sp³-hybridized carbons (Fsp3) is 1.00. The number of hydrogen-bond acceptors (Lipinski definition) is 2. The second-order valence-electron chi connectivity index (χ2n) is 10.2. The highest BCUT2D eigenvalue weighted by atomic mass is 16.5. The van der Waals surface area contributed by atoms with Gasteiger partial charge in [-0.3, -0.25) is 0 Å². The Kier molecular flexibility index (Phi) is 22.0. The van der Waals surface area contributed by atoms with E-state index in [9.17, 15) is 5.11 Å². The molecule has 1 unspecified atom stereocenters. The third kappa shape index (κ3) is 22.6. The Bertz CT molecular complexity index is 333. The van der Waals surface area contributed by atoms with Crippen molar-refractivity contribution in [2.75, 3.05) is 40.4 Å². The van der Waals surface area contributed by atoms with E-state index in [1.54, 1.807) is 0 Å². The van der Waals surface area contributed by atoms with E-state index in [1.807, 2.05) is 0 Å². The van der Waals surface area contributed by atoms with Crippen molar-refractivity contribution in [1.82, 2.24) is 0 Å². The van der Waals surface area contributed by atoms with E-state index in [0.717, 1.165) is 30.6 Å². The van der Waals surface area contributed by atoms with Gasteiger partial charge in [-0.2, -0.15) is 0 Å². The molecule has 0 rings (SSSR count). The first-order valence-corrected chi connectivity index (χ1v) is 13.6. The van der Waals surface area contributed by atoms with Gasteiger partial charge in [-0.15, -0.1) is 0 Å². The zero-order valence-electron chi connectivity index (χ0n) is 21.4. The van der Waals surface area contributed by atoms with Gasteiger partial charge in [0.05, 0.1) is 27.2 Å². The molecule has 0 radical (unpaired) electrons. The summed E-state index contributed by atoms with van der Waals surface area (Å²) in [6.07, 6.45) is 24.1. The minimum Gasteiger partial charge on any atom is -0.385 e. The quantitative estimate of drug-likeness (QED) is 0.127. The molecule has 0 aliphatic rings. The van der Waals surface area contributed by atoms with Crippen molar-refractivity contribution in [2.24, 2.45) is 0 Å². The maximum absolute atomic E-state index is 10.3. The third-order valence-corrected chi connectivity index (χ3v) is 6.27. The van der Waals surface area contributed by atoms with Crippen molar-refractivity contribution in [3.05, 3.63) is 0 Å². The highest BCUT2D eigenvalue weighted by Gasteiger charge is 2.20. The molecule has 3 nitrogen and oxygen atoms in total. The number of quaternary nitrogens is 1. The molecule has 1 atom stereocenters. The first-order chi connectivity index (χ1) is 14.5. The molecule has 0 fully saturated rings. The van der Waals surface area contributed by atoms with Crippen LogP contribution in [-0.4, -0.2) is 56.1 Å². The zero-order valence-corrected chi connectivity index (χ0v) is 21.4. The predicted molar refractivity (Wildman–Crippen MR) is 133 cm³/mol. The standard InChI is InChI=1S/C27H58NO2/c1-5-7-9-11-13-14-15-16-17-18-20-22-24-30-26-27(29)25-28(3,4)23-21-19-12-10-8-6-2/h27,29H,5-26H2,1-4H3/q+1. The van der Waals surface area contributed by atoms with Gasteiger partial charge in [-0.1, -0.05) is 110 Å². The molecule has 0 saturated carbocycles. The summed E-state index contributed by atoms with van der Waals surface area (Å²) in [5.41, 5.74) is 0. The van der Waals surface area contributed by atoms with Crippen LogP contribution in [-0.2, 0) is 4.74 Å². The Balaban J connectivity index is 3.40. The Morgan fingerprint density at radius 2 is 1.00 bits per heavy atom. The molecular weight excluding hydrogens is 370 g/mol. The Morgan fingerprint density at radius 3 is 1.47 bits per heavy atom. The van der Waals surface area contributed by atoms with Crippen LogP contribution in [0.25, 0.3) is 0 Å². The fourth-order valence-electron chi connectivity index (χ4n) is 4.30. The van der Waals surface area contributed by atoms with Crippen molar-refractivity contribution in [3.63, 3.8) is 0 Å². The van der Waals surface area contributed by atoms with Crippen molar-refractivity contribution in [2.45, 2.75) is 136 Å². The summed E-state index contributed by atoms with van der Waals surface area (Å²) < 4.78 is 6.64. The number of nitrogens with zero attached hydrogens (tertiary/aromatic N) is 1. The molecule has 182 valence electrons. The second kappa shape index (κ2) is 22.1. The molecule has 0 spiro atoms. The second-order valence-corrected chi connectivity index (χ2v) is 10.2. The highest BCUT2D eigenvalue weighted by Crippen LogP contribution is 2.12. The number of aliphatic hydroxyl groups is 1. The summed E-state index contributed by atoms with van der Waals surface area (Å²) >= 11 is 0. The Labute approximate surface area is 190 Å². The average Bonchev–Trinajstić information content (AvgIpc) is 2.70. The molecule has 0 aromatic heterocycles. The number of likely N-dealkylation sites (N-methyl/N-ethyl adjacent to an activating group) is 1. The van der Waals surface area contributed by atoms with Gasteiger partial charge in [0.1, 0.15) is 12.6 Å². The van der Waals surface area contributed by atoms with Gasteiger partial charge in [-0.25, -0.2) is 0 Å². The van der Waals surface area contributed by atoms with Gasteiger partial charge in [0, 0.05) is 6.61 Å². The first kappa shape index (κ1) is 29.9. The van der Waals surface area contributed by atoms with Gasteiger partial charge >= 0.3 is 0 Å². The number of aliphatic hydroxyl groups excluding tert-OH is 1. The fourth-order valence-corrected chi connectivity index (χ4v) is 4.30. The molecule has 1 N–H and O–H groups in total. The molecule has 0 aromatic rings. The predicted octanol–water partition coefficient (Wildman–Crippen LogP) is 7.50. The molecule has 0 heterocycles. The van der Waals surface area contributed by atoms with Gasteiger partial charge in [-0.05, 0) is 19.3 Å². The molecule has 0 aliphatic carbocycles. The van der Waals surface area contributed by atoms with Crippen LogP contribution in [0.4, 0.5) is 0 Å². The van der Waals surface area contributed by atoms with E-state index in [2.05, 4.69) is 27.9 Å². The molecule has 30 heavy (non-hydrogen) atoms. The lowest BCUT2D eigenvalue weighted by Gasteiger charge is -2.32. The van der Waals surface area contributed by atoms with E-state index < -0.39 is 0 Å². The van der Waals surface area contributed by atoms with Gasteiger partial charge in [0.15, 0.2) is 0 Å². The monoisotopic (exact) mass is 428 g/mol. The minimum atomic E-state index is -0.336. The number of rotatable bonds is 24. The normalized spacial score (nSPS) is 13.1. The van der Waals surface area contributed by atoms with E-state index in [0.29, 0.717) is 6.61 Å². The third-order valence-electron chi connectivity index (χ3n) is 6.27. The van der Waals surface area contributed by atoms with E-state index in [4.69, 9.17) is 4.74 Å². The SMILES string of the molecule is CCCCCCCCCCCCCCOCC(O)C[N+](C)(C)CCCCCCCC. The lowest BCUT2D eigenvalue weighted by Crippen LogP contribution is -2.47. The molecule has 0 aliphatic heterocycles. The van der Waals surface area contributed by atoms with Gasteiger partial charge in [0.25, 0.3) is 0 Å². The number of ether oxygens (including phenoxy) is 1. The van der Waals surface area contributed by atoms with Crippen LogP contribution in [0, 0.1) is 0 Å². The van der Waals surface area contributed by atoms with Crippen molar-refractivity contribution in [1.29, 1.82) is 0 Å². The first-order valence-electron chi connectivity index (χ1n) is 13.6. The average molecular weight is 429 g/mol. The summed E-state index contributed by atoms with van der Waals surface area (Å²) in [6.45, 7) is 7.80. The summed E-state index contributed by atoms with van der Waals surface area (Å²) in [5, 5.41) is 10.3. The molecule has 0 amide bonds. The maximum atomic E-state index is 10.3. The highest BCUT2D eigenvalue weighted by molar-refractivity contribution is 4.54. The van der Waals surface area contributed by atoms with Crippen LogP contribution in [0.2, 0.25) is 0 Å². The summed E-state index contributed by atoms with van der Waals surface area (Å²) in [7, 11) is 4.47. The van der Waals surface area contributed by atoms with Crippen LogP contribution < -0.4 is 0 Å². The van der Waals surface area contributed by atoms with Crippen LogP contribution in [0.1, 0.15) is 129 Å². The lowest BCUT2D eigenvalue weighted by atomic mass is 10.1. The Hall–Kier alpha value is -0.120. The smallest absolute Gasteiger partial charge is 0.126 e. The zero-order chi connectivity index (χ0) is 22.3. The summed E-state index contributed by atoms with van der Waals surface area (Å²) in [6, 6.07) is 0. The molecule has 0 aromatic carbocycles. The van der Waals surface area contributed by atoms with Crippen LogP contribution in [0.5, 0.6) is 0 Å². The molecule has 0 bridgehead atoms. The lowest BCUT2D eigenvalue weighted by molar-refractivity contribution is -0.893. The van der Waals surface area contributed by atoms with Crippen molar-refractivity contribution >= 4 is 0 Å². The summed E-state index contributed by atoms with van der Waals surface area (Å²) in [5.74, 6) is 0. The van der Waals surface area contributed by atoms with E-state index >= 15 is 0 Å². The van der Waals surface area contributed by atoms with E-state index in [1.165, 1.54) is 109 Å². The van der Waals surface area contributed by atoms with Crippen LogP contribution in [0.15, 0.2) is 0 Å². The van der Waals surface area contributed by atoms with Gasteiger partial charge < -0.3 is 14.3 Å². The Morgan fingerprint density at radius 1 is 0.600 bits per heavy atom. The van der Waals surface area contributed by atoms with Crippen molar-refractivity contribution in [3.8, 4) is 0 Å². The topological polar surface area (TPSA) is 29.5 Å². The van der Waals surface area contributed by atoms with Crippen LogP contribution in [0.3, 0.4) is 0 Å². The molecular formula is C27H58NO2+. The molecule has 3 heteroatoms. The maximum Gasteiger partial charge on any atom is 0.126 e. The number of hydrogen-bond donors (Lipinski definition) is 1. The number of unbranched alkanes of at least 4 members (excludes halogenated alkanes) is 16. The largest absolute Gasteiger partial charge is 0.385 e. The van der Waals surface area contributed by atoms with Gasteiger partial charge in [0.2, 0.25) is 0 Å². The molecule has 0 saturated heterocycles. The van der Waals surface area contributed by atoms with Crippen molar-refractivity contribution < 1.29 is 14.3 Å². The minimum absolute atomic E-state index is 0.336. The van der Waals surface area contributed by atoms with Crippen LogP contribution >= 0.6 is 0 Å². The van der Waals surface area contributed by atoms with E-state index in [-0.39, 0.29) is 6.10 Å².